The van der Waals surface area contributed by atoms with Gasteiger partial charge in [0.25, 0.3) is 0 Å². The van der Waals surface area contributed by atoms with Gasteiger partial charge in [-0.05, 0) is 43.2 Å². The van der Waals surface area contributed by atoms with Crippen molar-refractivity contribution in [1.29, 1.82) is 0 Å². The van der Waals surface area contributed by atoms with Crippen LogP contribution in [0, 0.1) is 5.92 Å². The van der Waals surface area contributed by atoms with Gasteiger partial charge in [0.15, 0.2) is 0 Å². The lowest BCUT2D eigenvalue weighted by atomic mass is 9.79. The van der Waals surface area contributed by atoms with Crippen LogP contribution in [0.15, 0.2) is 30.5 Å². The molecule has 0 fully saturated rings. The molecule has 2 N–H and O–H groups in total. The molecule has 0 saturated heterocycles. The van der Waals surface area contributed by atoms with Crippen LogP contribution >= 0.6 is 11.6 Å². The van der Waals surface area contributed by atoms with Crippen molar-refractivity contribution in [2.24, 2.45) is 11.7 Å². The zero-order chi connectivity index (χ0) is 14.1. The van der Waals surface area contributed by atoms with Crippen LogP contribution in [0.5, 0.6) is 0 Å². The first-order valence-electron chi connectivity index (χ1n) is 7.24. The number of fused-ring (bicyclic) bond motifs is 1. The molecule has 3 rings (SSSR count). The molecule has 1 aromatic carbocycles. The molecule has 3 nitrogen and oxygen atoms in total. The summed E-state index contributed by atoms with van der Waals surface area (Å²) >= 11 is 6.27. The maximum atomic E-state index is 6.50. The molecule has 1 aliphatic carbocycles. The summed E-state index contributed by atoms with van der Waals surface area (Å²) in [5, 5.41) is 4.99. The van der Waals surface area contributed by atoms with E-state index in [1.165, 1.54) is 11.1 Å². The van der Waals surface area contributed by atoms with E-state index in [2.05, 4.69) is 36.3 Å². The van der Waals surface area contributed by atoms with Crippen LogP contribution in [0.1, 0.15) is 36.2 Å². The fraction of sp³-hybridized carbons (Fsp3) is 0.438. The van der Waals surface area contributed by atoms with Gasteiger partial charge in [-0.2, -0.15) is 5.10 Å². The molecule has 106 valence electrons. The number of hydrogen-bond donors (Lipinski definition) is 1. The minimum Gasteiger partial charge on any atom is -0.322 e. The standard InChI is InChI=1S/C16H20ClN3/c1-2-20-16(14(17)10-19-20)15(18)13-8-7-11-5-3-4-6-12(11)9-13/h3-6,10,13,15H,2,7-9,18H2,1H3. The van der Waals surface area contributed by atoms with E-state index in [0.717, 1.165) is 31.5 Å². The van der Waals surface area contributed by atoms with Gasteiger partial charge in [-0.25, -0.2) is 0 Å². The minimum atomic E-state index is -0.0432. The maximum absolute atomic E-state index is 6.50. The van der Waals surface area contributed by atoms with Crippen LogP contribution in [0.2, 0.25) is 5.02 Å². The number of hydrogen-bond acceptors (Lipinski definition) is 2. The van der Waals surface area contributed by atoms with Crippen LogP contribution in [-0.2, 0) is 19.4 Å². The number of halogens is 1. The van der Waals surface area contributed by atoms with Gasteiger partial charge in [0.1, 0.15) is 0 Å². The Labute approximate surface area is 124 Å². The minimum absolute atomic E-state index is 0.0432. The van der Waals surface area contributed by atoms with Gasteiger partial charge >= 0.3 is 0 Å². The summed E-state index contributed by atoms with van der Waals surface area (Å²) in [5.41, 5.74) is 10.4. The highest BCUT2D eigenvalue weighted by Crippen LogP contribution is 2.35. The Bertz CT molecular complexity index is 606. The van der Waals surface area contributed by atoms with Crippen molar-refractivity contribution in [3.8, 4) is 0 Å². The number of nitrogens with two attached hydrogens (primary N) is 1. The maximum Gasteiger partial charge on any atom is 0.0834 e. The van der Waals surface area contributed by atoms with E-state index in [9.17, 15) is 0 Å². The highest BCUT2D eigenvalue weighted by molar-refractivity contribution is 6.31. The molecule has 0 spiro atoms. The van der Waals surface area contributed by atoms with Gasteiger partial charge < -0.3 is 5.73 Å². The van der Waals surface area contributed by atoms with E-state index in [-0.39, 0.29) is 6.04 Å². The average Bonchev–Trinajstić information content (AvgIpc) is 2.87. The zero-order valence-electron chi connectivity index (χ0n) is 11.7. The SMILES string of the molecule is CCn1ncc(Cl)c1C(N)C1CCc2ccccc2C1. The van der Waals surface area contributed by atoms with Gasteiger partial charge in [0.2, 0.25) is 0 Å². The Morgan fingerprint density at radius 2 is 2.15 bits per heavy atom. The fourth-order valence-corrected chi connectivity index (χ4v) is 3.48. The Morgan fingerprint density at radius 3 is 2.90 bits per heavy atom. The lowest BCUT2D eigenvalue weighted by Crippen LogP contribution is -2.29. The molecule has 1 aliphatic rings. The van der Waals surface area contributed by atoms with Crippen molar-refractivity contribution in [2.45, 2.75) is 38.8 Å². The number of aromatic nitrogens is 2. The monoisotopic (exact) mass is 289 g/mol. The van der Waals surface area contributed by atoms with Crippen molar-refractivity contribution in [2.75, 3.05) is 0 Å². The summed E-state index contributed by atoms with van der Waals surface area (Å²) in [6, 6.07) is 8.61. The lowest BCUT2D eigenvalue weighted by Gasteiger charge is -2.29. The number of nitrogens with zero attached hydrogens (tertiary/aromatic N) is 2. The van der Waals surface area contributed by atoms with Gasteiger partial charge in [0, 0.05) is 6.54 Å². The molecule has 0 bridgehead atoms. The molecule has 0 amide bonds. The second-order valence-electron chi connectivity index (χ2n) is 5.49. The predicted octanol–water partition coefficient (Wildman–Crippen LogP) is 3.36. The third-order valence-corrected chi connectivity index (χ3v) is 4.63. The third-order valence-electron chi connectivity index (χ3n) is 4.34. The van der Waals surface area contributed by atoms with Crippen LogP contribution in [0.25, 0.3) is 0 Å². The molecule has 2 unspecified atom stereocenters. The highest BCUT2D eigenvalue weighted by atomic mass is 35.5. The summed E-state index contributed by atoms with van der Waals surface area (Å²) in [5.74, 6) is 0.435. The van der Waals surface area contributed by atoms with Gasteiger partial charge in [-0.15, -0.1) is 0 Å². The van der Waals surface area contributed by atoms with Gasteiger partial charge in [0.05, 0.1) is 23.0 Å². The normalized spacial score (nSPS) is 19.6. The average molecular weight is 290 g/mol. The fourth-order valence-electron chi connectivity index (χ4n) is 3.21. The Hall–Kier alpha value is -1.32. The molecule has 0 radical (unpaired) electrons. The molecule has 20 heavy (non-hydrogen) atoms. The molecule has 1 heterocycles. The molecule has 0 saturated carbocycles. The lowest BCUT2D eigenvalue weighted by molar-refractivity contribution is 0.364. The topological polar surface area (TPSA) is 43.8 Å². The van der Waals surface area contributed by atoms with E-state index < -0.39 is 0 Å². The van der Waals surface area contributed by atoms with Crippen LogP contribution in [0.4, 0.5) is 0 Å². The largest absolute Gasteiger partial charge is 0.322 e. The van der Waals surface area contributed by atoms with E-state index in [1.54, 1.807) is 6.20 Å². The molecular weight excluding hydrogens is 270 g/mol. The summed E-state index contributed by atoms with van der Waals surface area (Å²) in [7, 11) is 0. The summed E-state index contributed by atoms with van der Waals surface area (Å²) in [6.07, 6.45) is 4.95. The van der Waals surface area contributed by atoms with Crippen molar-refractivity contribution >= 4 is 11.6 Å². The molecule has 0 aliphatic heterocycles. The first-order chi connectivity index (χ1) is 9.70. The molecule has 4 heteroatoms. The first kappa shape index (κ1) is 13.7. The number of rotatable bonds is 3. The Balaban J connectivity index is 1.85. The first-order valence-corrected chi connectivity index (χ1v) is 7.62. The van der Waals surface area contributed by atoms with Gasteiger partial charge in [-0.1, -0.05) is 35.9 Å². The highest BCUT2D eigenvalue weighted by Gasteiger charge is 2.28. The van der Waals surface area contributed by atoms with Crippen LogP contribution in [0.3, 0.4) is 0 Å². The third kappa shape index (κ3) is 2.36. The van der Waals surface area contributed by atoms with Crippen molar-refractivity contribution in [3.05, 3.63) is 52.3 Å². The molecule has 2 aromatic rings. The van der Waals surface area contributed by atoms with Crippen molar-refractivity contribution in [1.82, 2.24) is 9.78 Å². The molecule has 1 aromatic heterocycles. The van der Waals surface area contributed by atoms with Crippen LogP contribution < -0.4 is 5.73 Å². The predicted molar refractivity (Wildman–Crippen MR) is 81.8 cm³/mol. The summed E-state index contributed by atoms with van der Waals surface area (Å²) in [4.78, 5) is 0. The second-order valence-corrected chi connectivity index (χ2v) is 5.90. The summed E-state index contributed by atoms with van der Waals surface area (Å²) in [6.45, 7) is 2.87. The van der Waals surface area contributed by atoms with Gasteiger partial charge in [-0.3, -0.25) is 4.68 Å². The Morgan fingerprint density at radius 1 is 1.40 bits per heavy atom. The van der Waals surface area contributed by atoms with E-state index in [4.69, 9.17) is 17.3 Å². The molecular formula is C16H20ClN3. The second kappa shape index (κ2) is 5.58. The molecule has 2 atom stereocenters. The van der Waals surface area contributed by atoms with Crippen molar-refractivity contribution < 1.29 is 0 Å². The Kier molecular flexibility index (Phi) is 3.81. The smallest absolute Gasteiger partial charge is 0.0834 e. The van der Waals surface area contributed by atoms with E-state index in [0.29, 0.717) is 10.9 Å². The van der Waals surface area contributed by atoms with E-state index >= 15 is 0 Å². The van der Waals surface area contributed by atoms with Crippen LogP contribution in [-0.4, -0.2) is 9.78 Å². The zero-order valence-corrected chi connectivity index (χ0v) is 12.5. The van der Waals surface area contributed by atoms with E-state index in [1.807, 2.05) is 4.68 Å². The summed E-state index contributed by atoms with van der Waals surface area (Å²) < 4.78 is 1.92. The number of benzene rings is 1. The quantitative estimate of drug-likeness (QED) is 0.941. The number of aryl methyl sites for hydroxylation is 2. The van der Waals surface area contributed by atoms with Crippen molar-refractivity contribution in [3.63, 3.8) is 0 Å².